The molecule has 7 heteroatoms. The van der Waals surface area contributed by atoms with E-state index in [1.807, 2.05) is 6.07 Å². The number of carbonyl (C=O) groups excluding carboxylic acids is 3. The third-order valence-electron chi connectivity index (χ3n) is 6.04. The van der Waals surface area contributed by atoms with Crippen molar-refractivity contribution in [1.29, 1.82) is 0 Å². The number of imide groups is 1. The minimum atomic E-state index is -0.388. The first kappa shape index (κ1) is 20.2. The molecule has 1 saturated heterocycles. The highest BCUT2D eigenvalue weighted by molar-refractivity contribution is 6.21. The molecule has 0 N–H and O–H groups in total. The van der Waals surface area contributed by atoms with Crippen molar-refractivity contribution >= 4 is 17.7 Å². The highest BCUT2D eigenvalue weighted by Gasteiger charge is 2.34. The van der Waals surface area contributed by atoms with E-state index in [0.29, 0.717) is 29.8 Å². The van der Waals surface area contributed by atoms with Crippen LogP contribution in [-0.4, -0.2) is 65.6 Å². The predicted molar refractivity (Wildman–Crippen MR) is 110 cm³/mol. The number of hydrogen-bond donors (Lipinski definition) is 0. The summed E-state index contributed by atoms with van der Waals surface area (Å²) < 4.78 is 14.0. The number of carbonyl (C=O) groups is 3. The lowest BCUT2D eigenvalue weighted by atomic mass is 10.0. The highest BCUT2D eigenvalue weighted by Crippen LogP contribution is 2.25. The van der Waals surface area contributed by atoms with Crippen LogP contribution >= 0.6 is 0 Å². The fourth-order valence-electron chi connectivity index (χ4n) is 4.22. The first-order chi connectivity index (χ1) is 14.4. The van der Waals surface area contributed by atoms with Gasteiger partial charge in [0, 0.05) is 44.4 Å². The second-order valence-corrected chi connectivity index (χ2v) is 7.97. The van der Waals surface area contributed by atoms with Crippen molar-refractivity contribution in [1.82, 2.24) is 14.7 Å². The van der Waals surface area contributed by atoms with Crippen LogP contribution in [0.2, 0.25) is 0 Å². The summed E-state index contributed by atoms with van der Waals surface area (Å²) in [6, 6.07) is 11.4. The van der Waals surface area contributed by atoms with Crippen LogP contribution in [-0.2, 0) is 6.54 Å². The number of nitrogens with zero attached hydrogens (tertiary/aromatic N) is 3. The van der Waals surface area contributed by atoms with Crippen LogP contribution in [0, 0.1) is 5.82 Å². The maximum Gasteiger partial charge on any atom is 0.261 e. The van der Waals surface area contributed by atoms with Crippen LogP contribution in [0.1, 0.15) is 49.5 Å². The zero-order chi connectivity index (χ0) is 21.4. The third kappa shape index (κ3) is 3.61. The molecule has 4 rings (SSSR count). The summed E-state index contributed by atoms with van der Waals surface area (Å²) in [6.07, 6.45) is 1.78. The molecule has 0 aliphatic carbocycles. The average Bonchev–Trinajstić information content (AvgIpc) is 2.98. The van der Waals surface area contributed by atoms with E-state index < -0.39 is 0 Å². The van der Waals surface area contributed by atoms with Gasteiger partial charge in [0.05, 0.1) is 11.1 Å². The molecule has 0 unspecified atom stereocenters. The third-order valence-corrected chi connectivity index (χ3v) is 6.04. The van der Waals surface area contributed by atoms with Crippen LogP contribution in [0.3, 0.4) is 0 Å². The quantitative estimate of drug-likeness (QED) is 0.729. The van der Waals surface area contributed by atoms with E-state index >= 15 is 0 Å². The van der Waals surface area contributed by atoms with Crippen LogP contribution in [0.4, 0.5) is 4.39 Å². The van der Waals surface area contributed by atoms with Gasteiger partial charge in [-0.3, -0.25) is 24.2 Å². The highest BCUT2D eigenvalue weighted by atomic mass is 19.1. The van der Waals surface area contributed by atoms with Crippen molar-refractivity contribution in [2.75, 3.05) is 27.2 Å². The van der Waals surface area contributed by atoms with Gasteiger partial charge < -0.3 is 4.90 Å². The van der Waals surface area contributed by atoms with E-state index in [1.165, 1.54) is 19.2 Å². The molecule has 30 heavy (non-hydrogen) atoms. The maximum atomic E-state index is 14.0. The molecule has 1 fully saturated rings. The predicted octanol–water partition coefficient (Wildman–Crippen LogP) is 2.79. The Hall–Kier alpha value is -3.06. The summed E-state index contributed by atoms with van der Waals surface area (Å²) in [4.78, 5) is 42.3. The largest absolute Gasteiger partial charge is 0.337 e. The Morgan fingerprint density at radius 1 is 1.13 bits per heavy atom. The molecular weight excluding hydrogens is 385 g/mol. The van der Waals surface area contributed by atoms with Gasteiger partial charge in [-0.25, -0.2) is 4.39 Å². The molecule has 6 nitrogen and oxygen atoms in total. The monoisotopic (exact) mass is 409 g/mol. The minimum Gasteiger partial charge on any atom is -0.337 e. The van der Waals surface area contributed by atoms with Gasteiger partial charge in [-0.1, -0.05) is 18.2 Å². The van der Waals surface area contributed by atoms with Crippen molar-refractivity contribution in [2.45, 2.75) is 25.4 Å². The maximum absolute atomic E-state index is 14.0. The number of rotatable bonds is 4. The first-order valence-electron chi connectivity index (χ1n) is 10.1. The normalized spacial score (nSPS) is 19.2. The minimum absolute atomic E-state index is 0.00807. The number of likely N-dealkylation sites (tertiary alicyclic amines) is 1. The van der Waals surface area contributed by atoms with Gasteiger partial charge in [0.15, 0.2) is 0 Å². The SMILES string of the molecule is CN1C(=O)c2ccc(C(=O)N(C)[C@@H]3CCCN(Cc4ccccc4F)C3)cc2C1=O. The van der Waals surface area contributed by atoms with Crippen molar-refractivity contribution in [3.05, 3.63) is 70.5 Å². The Kier molecular flexibility index (Phi) is 5.39. The van der Waals surface area contributed by atoms with E-state index in [2.05, 4.69) is 4.90 Å². The molecule has 1 atom stereocenters. The van der Waals surface area contributed by atoms with Gasteiger partial charge in [0.25, 0.3) is 17.7 Å². The summed E-state index contributed by atoms with van der Waals surface area (Å²) >= 11 is 0. The lowest BCUT2D eigenvalue weighted by molar-refractivity contribution is 0.0607. The summed E-state index contributed by atoms with van der Waals surface area (Å²) in [7, 11) is 3.19. The van der Waals surface area contributed by atoms with Crippen LogP contribution < -0.4 is 0 Å². The first-order valence-corrected chi connectivity index (χ1v) is 10.1. The molecule has 2 aliphatic rings. The second-order valence-electron chi connectivity index (χ2n) is 7.97. The van der Waals surface area contributed by atoms with Gasteiger partial charge in [0.2, 0.25) is 0 Å². The van der Waals surface area contributed by atoms with Crippen molar-refractivity contribution in [3.63, 3.8) is 0 Å². The van der Waals surface area contributed by atoms with Crippen molar-refractivity contribution in [2.24, 2.45) is 0 Å². The molecule has 0 radical (unpaired) electrons. The molecule has 2 heterocycles. The van der Waals surface area contributed by atoms with Gasteiger partial charge in [-0.05, 0) is 43.7 Å². The second kappa shape index (κ2) is 7.99. The number of benzene rings is 2. The number of hydrogen-bond acceptors (Lipinski definition) is 4. The number of likely N-dealkylation sites (N-methyl/N-ethyl adjacent to an activating group) is 1. The lowest BCUT2D eigenvalue weighted by Gasteiger charge is -2.37. The van der Waals surface area contributed by atoms with E-state index in [9.17, 15) is 18.8 Å². The Labute approximate surface area is 174 Å². The van der Waals surface area contributed by atoms with Gasteiger partial charge in [0.1, 0.15) is 5.82 Å². The van der Waals surface area contributed by atoms with Gasteiger partial charge in [-0.2, -0.15) is 0 Å². The topological polar surface area (TPSA) is 60.9 Å². The number of fused-ring (bicyclic) bond motifs is 1. The Balaban J connectivity index is 1.47. The molecule has 0 saturated carbocycles. The molecule has 3 amide bonds. The molecule has 2 aliphatic heterocycles. The molecule has 2 aromatic carbocycles. The summed E-state index contributed by atoms with van der Waals surface area (Å²) in [5.74, 6) is -1.14. The number of amides is 3. The molecule has 2 aromatic rings. The van der Waals surface area contributed by atoms with Gasteiger partial charge in [-0.15, -0.1) is 0 Å². The van der Waals surface area contributed by atoms with Crippen LogP contribution in [0.5, 0.6) is 0 Å². The fraction of sp³-hybridized carbons (Fsp3) is 0.348. The summed E-state index contributed by atoms with van der Waals surface area (Å²) in [6.45, 7) is 2.02. The fourth-order valence-corrected chi connectivity index (χ4v) is 4.22. The standard InChI is InChI=1S/C23H24FN3O3/c1-25(17-7-5-11-27(14-17)13-16-6-3-4-8-20(16)24)21(28)15-9-10-18-19(12-15)23(30)26(2)22(18)29/h3-4,6,8-10,12,17H,5,7,11,13-14H2,1-2H3/t17-/m1/s1. The number of piperidine rings is 1. The Bertz CT molecular complexity index is 1020. The van der Waals surface area contributed by atoms with Crippen molar-refractivity contribution < 1.29 is 18.8 Å². The number of halogens is 1. The smallest absolute Gasteiger partial charge is 0.261 e. The van der Waals surface area contributed by atoms with Crippen molar-refractivity contribution in [3.8, 4) is 0 Å². The van der Waals surface area contributed by atoms with Crippen LogP contribution in [0.25, 0.3) is 0 Å². The average molecular weight is 409 g/mol. The van der Waals surface area contributed by atoms with E-state index in [0.717, 1.165) is 24.3 Å². The van der Waals surface area contributed by atoms with Gasteiger partial charge >= 0.3 is 0 Å². The Morgan fingerprint density at radius 2 is 1.87 bits per heavy atom. The summed E-state index contributed by atoms with van der Waals surface area (Å²) in [5, 5.41) is 0. The zero-order valence-electron chi connectivity index (χ0n) is 17.1. The molecule has 156 valence electrons. The zero-order valence-corrected chi connectivity index (χ0v) is 17.1. The van der Waals surface area contributed by atoms with E-state index in [-0.39, 0.29) is 35.1 Å². The van der Waals surface area contributed by atoms with Crippen LogP contribution in [0.15, 0.2) is 42.5 Å². The molecule has 0 spiro atoms. The van der Waals surface area contributed by atoms with E-state index in [1.54, 1.807) is 36.2 Å². The molecule has 0 aromatic heterocycles. The lowest BCUT2D eigenvalue weighted by Crippen LogP contribution is -2.48. The summed E-state index contributed by atoms with van der Waals surface area (Å²) in [5.41, 5.74) is 1.64. The van der Waals surface area contributed by atoms with E-state index in [4.69, 9.17) is 0 Å². The Morgan fingerprint density at radius 3 is 2.63 bits per heavy atom. The molecule has 0 bridgehead atoms. The molecular formula is C23H24FN3O3.